The fraction of sp³-hybridized carbons (Fsp3) is 0.250. The Balaban J connectivity index is 1.89. The fourth-order valence-corrected chi connectivity index (χ4v) is 2.40. The predicted octanol–water partition coefficient (Wildman–Crippen LogP) is 2.36. The van der Waals surface area contributed by atoms with Gasteiger partial charge in [-0.2, -0.15) is 4.98 Å². The van der Waals surface area contributed by atoms with E-state index in [0.29, 0.717) is 35.2 Å². The number of nitrogens with zero attached hydrogens (tertiary/aromatic N) is 3. The predicted molar refractivity (Wildman–Crippen MR) is 86.1 cm³/mol. The van der Waals surface area contributed by atoms with Crippen molar-refractivity contribution in [3.8, 4) is 11.5 Å². The number of hydrogen-bond donors (Lipinski definition) is 2. The van der Waals surface area contributed by atoms with Crippen LogP contribution in [-0.2, 0) is 6.54 Å². The molecule has 23 heavy (non-hydrogen) atoms. The molecule has 0 aromatic carbocycles. The summed E-state index contributed by atoms with van der Waals surface area (Å²) in [7, 11) is 0. The van der Waals surface area contributed by atoms with Crippen molar-refractivity contribution in [2.24, 2.45) is 0 Å². The van der Waals surface area contributed by atoms with Crippen LogP contribution < -0.4 is 10.9 Å². The first-order valence-electron chi connectivity index (χ1n) is 7.23. The lowest BCUT2D eigenvalue weighted by molar-refractivity contribution is 0.425. The Morgan fingerprint density at radius 1 is 1.30 bits per heavy atom. The molecule has 0 saturated heterocycles. The van der Waals surface area contributed by atoms with Crippen LogP contribution in [0.2, 0.25) is 0 Å². The molecule has 118 valence electrons. The van der Waals surface area contributed by atoms with Crippen molar-refractivity contribution in [3.05, 3.63) is 57.4 Å². The maximum atomic E-state index is 12.1. The summed E-state index contributed by atoms with van der Waals surface area (Å²) in [5.74, 6) is 1.55. The van der Waals surface area contributed by atoms with Crippen molar-refractivity contribution in [1.82, 2.24) is 20.1 Å². The van der Waals surface area contributed by atoms with Gasteiger partial charge in [-0.25, -0.2) is 4.98 Å². The van der Waals surface area contributed by atoms with Crippen molar-refractivity contribution in [1.29, 1.82) is 0 Å². The van der Waals surface area contributed by atoms with Gasteiger partial charge < -0.3 is 14.8 Å². The van der Waals surface area contributed by atoms with Crippen molar-refractivity contribution < 1.29 is 4.52 Å². The van der Waals surface area contributed by atoms with Gasteiger partial charge in [0, 0.05) is 24.0 Å². The summed E-state index contributed by atoms with van der Waals surface area (Å²) in [6, 6.07) is 5.58. The smallest absolute Gasteiger partial charge is 0.261 e. The molecular weight excluding hydrogens is 294 g/mol. The molecule has 0 aliphatic rings. The first-order chi connectivity index (χ1) is 11.0. The Kier molecular flexibility index (Phi) is 3.92. The van der Waals surface area contributed by atoms with E-state index in [4.69, 9.17) is 4.52 Å². The fourth-order valence-electron chi connectivity index (χ4n) is 2.40. The van der Waals surface area contributed by atoms with Gasteiger partial charge in [-0.05, 0) is 44.5 Å². The number of H-pyrrole nitrogens is 1. The molecular formula is C16H17N5O2. The monoisotopic (exact) mass is 311 g/mol. The van der Waals surface area contributed by atoms with Crippen molar-refractivity contribution in [3.63, 3.8) is 0 Å². The number of pyridine rings is 2. The third-order valence-corrected chi connectivity index (χ3v) is 3.49. The molecule has 0 atom stereocenters. The topological polar surface area (TPSA) is 96.7 Å². The van der Waals surface area contributed by atoms with Crippen molar-refractivity contribution in [2.75, 3.05) is 5.32 Å². The molecule has 0 unspecified atom stereocenters. The minimum absolute atomic E-state index is 0.0962. The molecule has 0 aliphatic carbocycles. The van der Waals surface area contributed by atoms with E-state index < -0.39 is 0 Å². The van der Waals surface area contributed by atoms with E-state index in [2.05, 4.69) is 25.4 Å². The maximum Gasteiger partial charge on any atom is 0.261 e. The zero-order chi connectivity index (χ0) is 16.4. The quantitative estimate of drug-likeness (QED) is 0.767. The first kappa shape index (κ1) is 15.0. The summed E-state index contributed by atoms with van der Waals surface area (Å²) in [4.78, 5) is 23.4. The van der Waals surface area contributed by atoms with Gasteiger partial charge in [-0.15, -0.1) is 0 Å². The van der Waals surface area contributed by atoms with Crippen LogP contribution >= 0.6 is 0 Å². The zero-order valence-electron chi connectivity index (χ0n) is 13.2. The first-order valence-corrected chi connectivity index (χ1v) is 7.23. The average molecular weight is 311 g/mol. The van der Waals surface area contributed by atoms with Gasteiger partial charge in [0.1, 0.15) is 5.82 Å². The normalized spacial score (nSPS) is 10.7. The number of anilines is 1. The van der Waals surface area contributed by atoms with Gasteiger partial charge in [-0.1, -0.05) is 5.16 Å². The summed E-state index contributed by atoms with van der Waals surface area (Å²) in [6.45, 7) is 5.89. The number of rotatable bonds is 4. The van der Waals surface area contributed by atoms with Crippen LogP contribution in [0, 0.1) is 20.8 Å². The number of aromatic nitrogens is 4. The second kappa shape index (κ2) is 6.04. The van der Waals surface area contributed by atoms with Gasteiger partial charge in [0.25, 0.3) is 11.4 Å². The third-order valence-electron chi connectivity index (χ3n) is 3.49. The van der Waals surface area contributed by atoms with E-state index in [1.807, 2.05) is 26.0 Å². The summed E-state index contributed by atoms with van der Waals surface area (Å²) in [6.07, 6.45) is 1.67. The lowest BCUT2D eigenvalue weighted by atomic mass is 10.1. The van der Waals surface area contributed by atoms with E-state index in [-0.39, 0.29) is 5.56 Å². The van der Waals surface area contributed by atoms with Gasteiger partial charge in [-0.3, -0.25) is 4.79 Å². The van der Waals surface area contributed by atoms with E-state index in [9.17, 15) is 4.79 Å². The molecule has 0 radical (unpaired) electrons. The molecule has 0 spiro atoms. The summed E-state index contributed by atoms with van der Waals surface area (Å²) in [5.41, 5.74) is 3.06. The molecule has 3 heterocycles. The molecule has 7 heteroatoms. The second-order valence-corrected chi connectivity index (χ2v) is 5.34. The largest absolute Gasteiger partial charge is 0.365 e. The molecule has 0 aliphatic heterocycles. The van der Waals surface area contributed by atoms with Crippen molar-refractivity contribution in [2.45, 2.75) is 27.3 Å². The van der Waals surface area contributed by atoms with Gasteiger partial charge in [0.05, 0.1) is 5.56 Å². The molecule has 0 amide bonds. The van der Waals surface area contributed by atoms with Crippen LogP contribution in [0.4, 0.5) is 5.82 Å². The minimum atomic E-state index is -0.0962. The number of aromatic amines is 1. The summed E-state index contributed by atoms with van der Waals surface area (Å²) < 4.78 is 5.20. The highest BCUT2D eigenvalue weighted by Gasteiger charge is 2.13. The SMILES string of the molecule is Cc1noc(-c2cccnc2NCc2c(C)cc(C)[nH]c2=O)n1. The third kappa shape index (κ3) is 3.13. The van der Waals surface area contributed by atoms with Gasteiger partial charge in [0.15, 0.2) is 5.82 Å². The highest BCUT2D eigenvalue weighted by atomic mass is 16.5. The van der Waals surface area contributed by atoms with E-state index >= 15 is 0 Å². The standard InChI is InChI=1S/C16H17N5O2/c1-9-7-10(2)19-15(22)13(9)8-18-14-12(5-4-6-17-14)16-20-11(3)21-23-16/h4-7H,8H2,1-3H3,(H,17,18)(H,19,22). The van der Waals surface area contributed by atoms with Gasteiger partial charge in [0.2, 0.25) is 0 Å². The van der Waals surface area contributed by atoms with E-state index in [0.717, 1.165) is 11.3 Å². The molecule has 0 bridgehead atoms. The van der Waals surface area contributed by atoms with Crippen LogP contribution in [0.3, 0.4) is 0 Å². The van der Waals surface area contributed by atoms with Crippen LogP contribution in [0.5, 0.6) is 0 Å². The Bertz CT molecular complexity index is 897. The van der Waals surface area contributed by atoms with E-state index in [1.165, 1.54) is 0 Å². The highest BCUT2D eigenvalue weighted by molar-refractivity contribution is 5.68. The Labute approximate surface area is 132 Å². The molecule has 0 fully saturated rings. The average Bonchev–Trinajstić information content (AvgIpc) is 2.93. The number of aryl methyl sites for hydroxylation is 3. The van der Waals surface area contributed by atoms with E-state index in [1.54, 1.807) is 19.2 Å². The minimum Gasteiger partial charge on any atom is -0.365 e. The molecule has 3 aromatic heterocycles. The molecule has 7 nitrogen and oxygen atoms in total. The molecule has 3 aromatic rings. The summed E-state index contributed by atoms with van der Waals surface area (Å²) in [5, 5.41) is 6.97. The number of nitrogens with one attached hydrogen (secondary N) is 2. The maximum absolute atomic E-state index is 12.1. The van der Waals surface area contributed by atoms with Crippen molar-refractivity contribution >= 4 is 5.82 Å². The lowest BCUT2D eigenvalue weighted by Gasteiger charge is -2.10. The second-order valence-electron chi connectivity index (χ2n) is 5.34. The summed E-state index contributed by atoms with van der Waals surface area (Å²) >= 11 is 0. The molecule has 3 rings (SSSR count). The number of hydrogen-bond acceptors (Lipinski definition) is 6. The Morgan fingerprint density at radius 2 is 2.13 bits per heavy atom. The Hall–Kier alpha value is -2.96. The zero-order valence-corrected chi connectivity index (χ0v) is 13.2. The van der Waals surface area contributed by atoms with Crippen LogP contribution in [0.25, 0.3) is 11.5 Å². The molecule has 0 saturated carbocycles. The highest BCUT2D eigenvalue weighted by Crippen LogP contribution is 2.24. The van der Waals surface area contributed by atoms with Crippen LogP contribution in [0.1, 0.15) is 22.6 Å². The van der Waals surface area contributed by atoms with Crippen LogP contribution in [-0.4, -0.2) is 20.1 Å². The molecule has 2 N–H and O–H groups in total. The Morgan fingerprint density at radius 3 is 2.83 bits per heavy atom. The van der Waals surface area contributed by atoms with Gasteiger partial charge >= 0.3 is 0 Å². The lowest BCUT2D eigenvalue weighted by Crippen LogP contribution is -2.19. The van der Waals surface area contributed by atoms with Crippen LogP contribution in [0.15, 0.2) is 33.7 Å².